The van der Waals surface area contributed by atoms with E-state index in [1.807, 2.05) is 24.3 Å². The van der Waals surface area contributed by atoms with Gasteiger partial charge in [0.2, 0.25) is 0 Å². The van der Waals surface area contributed by atoms with Crippen molar-refractivity contribution in [2.24, 2.45) is 0 Å². The van der Waals surface area contributed by atoms with Crippen molar-refractivity contribution in [3.05, 3.63) is 52.3 Å². The number of ether oxygens (including phenoxy) is 1. The second-order valence-electron chi connectivity index (χ2n) is 4.09. The highest BCUT2D eigenvalue weighted by atomic mass is 79.9. The largest absolute Gasteiger partial charge is 0.384 e. The zero-order valence-corrected chi connectivity index (χ0v) is 12.2. The predicted octanol–water partition coefficient (Wildman–Crippen LogP) is 3.22. The standard InChI is InChI=1S/C14H15BrN2O2/c1-19-7-6-10-4-2-3-5-12(10)17-14(18)13-8-11(15)9-16-13/h2-5,8-9,16H,6-7H2,1H3,(H,17,18). The molecule has 2 N–H and O–H groups in total. The molecule has 19 heavy (non-hydrogen) atoms. The second-order valence-corrected chi connectivity index (χ2v) is 5.00. The van der Waals surface area contributed by atoms with E-state index < -0.39 is 0 Å². The van der Waals surface area contributed by atoms with Gasteiger partial charge in [-0.1, -0.05) is 18.2 Å². The lowest BCUT2D eigenvalue weighted by Gasteiger charge is -2.10. The number of hydrogen-bond donors (Lipinski definition) is 2. The quantitative estimate of drug-likeness (QED) is 0.888. The van der Waals surface area contributed by atoms with E-state index in [0.717, 1.165) is 22.1 Å². The van der Waals surface area contributed by atoms with Gasteiger partial charge in [0.05, 0.1) is 6.61 Å². The number of carbonyl (C=O) groups excluding carboxylic acids is 1. The van der Waals surface area contributed by atoms with Gasteiger partial charge in [0.1, 0.15) is 5.69 Å². The van der Waals surface area contributed by atoms with Crippen molar-refractivity contribution >= 4 is 27.5 Å². The van der Waals surface area contributed by atoms with Gasteiger partial charge in [-0.2, -0.15) is 0 Å². The Morgan fingerprint density at radius 2 is 2.21 bits per heavy atom. The molecule has 0 aliphatic rings. The van der Waals surface area contributed by atoms with E-state index in [4.69, 9.17) is 4.74 Å². The summed E-state index contributed by atoms with van der Waals surface area (Å²) in [5.41, 5.74) is 2.40. The molecule has 0 fully saturated rings. The van der Waals surface area contributed by atoms with Gasteiger partial charge in [-0.3, -0.25) is 4.79 Å². The number of amides is 1. The lowest BCUT2D eigenvalue weighted by Crippen LogP contribution is -2.14. The number of aromatic amines is 1. The van der Waals surface area contributed by atoms with Crippen LogP contribution >= 0.6 is 15.9 Å². The summed E-state index contributed by atoms with van der Waals surface area (Å²) in [5, 5.41) is 2.90. The third-order valence-corrected chi connectivity index (χ3v) is 3.19. The maximum Gasteiger partial charge on any atom is 0.272 e. The molecule has 0 unspecified atom stereocenters. The fraction of sp³-hybridized carbons (Fsp3) is 0.214. The molecule has 0 bridgehead atoms. The minimum atomic E-state index is -0.157. The van der Waals surface area contributed by atoms with Crippen molar-refractivity contribution in [2.75, 3.05) is 19.0 Å². The van der Waals surface area contributed by atoms with Gasteiger partial charge in [0.25, 0.3) is 5.91 Å². The normalized spacial score (nSPS) is 10.4. The average molecular weight is 323 g/mol. The highest BCUT2D eigenvalue weighted by Crippen LogP contribution is 2.18. The first-order chi connectivity index (χ1) is 9.20. The van der Waals surface area contributed by atoms with Crippen LogP contribution in [0.25, 0.3) is 0 Å². The van der Waals surface area contributed by atoms with Crippen molar-refractivity contribution < 1.29 is 9.53 Å². The number of aromatic nitrogens is 1. The number of H-pyrrole nitrogens is 1. The van der Waals surface area contributed by atoms with Crippen LogP contribution in [0.3, 0.4) is 0 Å². The first kappa shape index (κ1) is 13.8. The minimum Gasteiger partial charge on any atom is -0.384 e. The summed E-state index contributed by atoms with van der Waals surface area (Å²) >= 11 is 3.31. The van der Waals surface area contributed by atoms with Crippen LogP contribution in [0.1, 0.15) is 16.1 Å². The molecule has 100 valence electrons. The summed E-state index contributed by atoms with van der Waals surface area (Å²) in [7, 11) is 1.66. The zero-order valence-electron chi connectivity index (χ0n) is 10.6. The third-order valence-electron chi connectivity index (χ3n) is 2.73. The minimum absolute atomic E-state index is 0.157. The molecule has 5 heteroatoms. The monoisotopic (exact) mass is 322 g/mol. The number of hydrogen-bond acceptors (Lipinski definition) is 2. The van der Waals surface area contributed by atoms with Crippen molar-refractivity contribution in [3.63, 3.8) is 0 Å². The number of benzene rings is 1. The van der Waals surface area contributed by atoms with Crippen LogP contribution in [0.5, 0.6) is 0 Å². The molecule has 1 aromatic carbocycles. The maximum atomic E-state index is 12.1. The van der Waals surface area contributed by atoms with E-state index in [0.29, 0.717) is 12.3 Å². The molecular formula is C14H15BrN2O2. The van der Waals surface area contributed by atoms with Crippen LogP contribution in [0.15, 0.2) is 41.0 Å². The Labute approximate surface area is 120 Å². The molecule has 0 radical (unpaired) electrons. The van der Waals surface area contributed by atoms with Gasteiger partial charge >= 0.3 is 0 Å². The van der Waals surface area contributed by atoms with Crippen molar-refractivity contribution in [1.82, 2.24) is 4.98 Å². The van der Waals surface area contributed by atoms with Gasteiger partial charge < -0.3 is 15.0 Å². The smallest absolute Gasteiger partial charge is 0.272 e. The van der Waals surface area contributed by atoms with Crippen LogP contribution < -0.4 is 5.32 Å². The highest BCUT2D eigenvalue weighted by Gasteiger charge is 2.10. The summed E-state index contributed by atoms with van der Waals surface area (Å²) in [6.45, 7) is 0.626. The van der Waals surface area contributed by atoms with E-state index in [9.17, 15) is 4.79 Å². The van der Waals surface area contributed by atoms with Crippen LogP contribution in [0, 0.1) is 0 Å². The molecule has 2 rings (SSSR count). The zero-order chi connectivity index (χ0) is 13.7. The molecule has 1 heterocycles. The molecule has 0 aliphatic heterocycles. The van der Waals surface area contributed by atoms with Crippen LogP contribution in [0.2, 0.25) is 0 Å². The average Bonchev–Trinajstić information content (AvgIpc) is 2.84. The van der Waals surface area contributed by atoms with E-state index >= 15 is 0 Å². The fourth-order valence-electron chi connectivity index (χ4n) is 1.76. The van der Waals surface area contributed by atoms with Crippen LogP contribution in [0.4, 0.5) is 5.69 Å². The summed E-state index contributed by atoms with van der Waals surface area (Å²) in [4.78, 5) is 15.0. The summed E-state index contributed by atoms with van der Waals surface area (Å²) in [5.74, 6) is -0.157. The molecule has 4 nitrogen and oxygen atoms in total. The molecule has 0 saturated heterocycles. The van der Waals surface area contributed by atoms with Gasteiger partial charge in [0.15, 0.2) is 0 Å². The molecule has 0 atom stereocenters. The Kier molecular flexibility index (Phi) is 4.76. The Balaban J connectivity index is 2.12. The van der Waals surface area contributed by atoms with Crippen molar-refractivity contribution in [1.29, 1.82) is 0 Å². The summed E-state index contributed by atoms with van der Waals surface area (Å²) in [6.07, 6.45) is 2.49. The number of rotatable bonds is 5. The Hall–Kier alpha value is -1.59. The van der Waals surface area contributed by atoms with Crippen molar-refractivity contribution in [3.8, 4) is 0 Å². The predicted molar refractivity (Wildman–Crippen MR) is 78.5 cm³/mol. The van der Waals surface area contributed by atoms with Gasteiger partial charge in [-0.05, 0) is 40.0 Å². The second kappa shape index (κ2) is 6.54. The summed E-state index contributed by atoms with van der Waals surface area (Å²) < 4.78 is 5.92. The van der Waals surface area contributed by atoms with E-state index in [-0.39, 0.29) is 5.91 Å². The number of methoxy groups -OCH3 is 1. The maximum absolute atomic E-state index is 12.1. The van der Waals surface area contributed by atoms with Crippen LogP contribution in [-0.2, 0) is 11.2 Å². The molecular weight excluding hydrogens is 308 g/mol. The van der Waals surface area contributed by atoms with Crippen LogP contribution in [-0.4, -0.2) is 24.6 Å². The number of nitrogens with one attached hydrogen (secondary N) is 2. The Bertz CT molecular complexity index is 566. The van der Waals surface area contributed by atoms with Crippen molar-refractivity contribution in [2.45, 2.75) is 6.42 Å². The lowest BCUT2D eigenvalue weighted by atomic mass is 10.1. The van der Waals surface area contributed by atoms with Gasteiger partial charge in [0, 0.05) is 23.5 Å². The molecule has 0 aliphatic carbocycles. The molecule has 1 amide bonds. The summed E-state index contributed by atoms with van der Waals surface area (Å²) in [6, 6.07) is 9.47. The number of anilines is 1. The topological polar surface area (TPSA) is 54.1 Å². The van der Waals surface area contributed by atoms with Gasteiger partial charge in [-0.15, -0.1) is 0 Å². The molecule has 0 saturated carbocycles. The van der Waals surface area contributed by atoms with Gasteiger partial charge in [-0.25, -0.2) is 0 Å². The number of carbonyl (C=O) groups is 1. The number of para-hydroxylation sites is 1. The SMILES string of the molecule is COCCc1ccccc1NC(=O)c1cc(Br)c[nH]1. The first-order valence-corrected chi connectivity index (χ1v) is 6.72. The Morgan fingerprint density at radius 1 is 1.42 bits per heavy atom. The third kappa shape index (κ3) is 3.68. The van der Waals surface area contributed by atoms with E-state index in [1.165, 1.54) is 0 Å². The first-order valence-electron chi connectivity index (χ1n) is 5.93. The molecule has 1 aromatic heterocycles. The molecule has 2 aromatic rings. The van der Waals surface area contributed by atoms with E-state index in [2.05, 4.69) is 26.2 Å². The number of halogens is 1. The Morgan fingerprint density at radius 3 is 2.89 bits per heavy atom. The fourth-order valence-corrected chi connectivity index (χ4v) is 2.10. The van der Waals surface area contributed by atoms with E-state index in [1.54, 1.807) is 19.4 Å². The lowest BCUT2D eigenvalue weighted by molar-refractivity contribution is 0.102. The highest BCUT2D eigenvalue weighted by molar-refractivity contribution is 9.10. The molecule has 0 spiro atoms.